The molecule has 0 aromatic rings. The van der Waals surface area contributed by atoms with Gasteiger partial charge in [-0.1, -0.05) is 6.92 Å². The number of cyclic esters (lactones) is 1. The highest BCUT2D eigenvalue weighted by molar-refractivity contribution is 6.50. The second-order valence-corrected chi connectivity index (χ2v) is 6.39. The molecule has 0 aliphatic carbocycles. The molecule has 0 bridgehead atoms. The van der Waals surface area contributed by atoms with Crippen LogP contribution in [0.5, 0.6) is 0 Å². The minimum Gasteiger partial charge on any atom is -0.466 e. The maximum absolute atomic E-state index is 11.4. The fraction of sp³-hybridized carbons (Fsp3) is 0.917. The molecular formula is C12H21BO4. The van der Waals surface area contributed by atoms with Crippen LogP contribution in [0.1, 0.15) is 47.5 Å². The summed E-state index contributed by atoms with van der Waals surface area (Å²) in [6, 6.07) is 0. The lowest BCUT2D eigenvalue weighted by molar-refractivity contribution is -0.148. The maximum atomic E-state index is 11.4. The predicted molar refractivity (Wildman–Crippen MR) is 64.6 cm³/mol. The summed E-state index contributed by atoms with van der Waals surface area (Å²) in [6.07, 6.45) is 1.15. The van der Waals surface area contributed by atoms with E-state index in [1.54, 1.807) is 0 Å². The summed E-state index contributed by atoms with van der Waals surface area (Å²) in [4.78, 5) is 11.4. The molecule has 2 saturated heterocycles. The molecule has 0 aromatic heterocycles. The van der Waals surface area contributed by atoms with Gasteiger partial charge in [-0.05, 0) is 34.1 Å². The normalized spacial score (nSPS) is 35.8. The van der Waals surface area contributed by atoms with E-state index < -0.39 is 0 Å². The molecule has 2 rings (SSSR count). The van der Waals surface area contributed by atoms with Gasteiger partial charge in [0.1, 0.15) is 0 Å². The van der Waals surface area contributed by atoms with Crippen molar-refractivity contribution >= 4 is 13.1 Å². The molecule has 96 valence electrons. The fourth-order valence-electron chi connectivity index (χ4n) is 2.20. The van der Waals surface area contributed by atoms with E-state index in [1.807, 2.05) is 34.6 Å². The van der Waals surface area contributed by atoms with Crippen molar-refractivity contribution in [2.45, 2.75) is 64.0 Å². The van der Waals surface area contributed by atoms with Crippen LogP contribution in [0.3, 0.4) is 0 Å². The minimum absolute atomic E-state index is 0.159. The molecule has 2 aliphatic heterocycles. The highest BCUT2D eigenvalue weighted by Gasteiger charge is 2.58. The van der Waals surface area contributed by atoms with Gasteiger partial charge >= 0.3 is 13.1 Å². The van der Waals surface area contributed by atoms with Crippen molar-refractivity contribution in [1.82, 2.24) is 0 Å². The minimum atomic E-state index is -0.345. The lowest BCUT2D eigenvalue weighted by atomic mass is 9.54. The molecule has 0 amide bonds. The number of hydrogen-bond donors (Lipinski definition) is 0. The summed E-state index contributed by atoms with van der Waals surface area (Å²) in [6.45, 7) is 10.6. The molecule has 5 heteroatoms. The van der Waals surface area contributed by atoms with Gasteiger partial charge in [0.2, 0.25) is 0 Å². The average Bonchev–Trinajstić information content (AvgIpc) is 2.36. The van der Waals surface area contributed by atoms with Crippen LogP contribution in [-0.4, -0.2) is 30.9 Å². The zero-order valence-corrected chi connectivity index (χ0v) is 11.3. The van der Waals surface area contributed by atoms with Crippen LogP contribution in [0, 0.1) is 0 Å². The van der Waals surface area contributed by atoms with Crippen LogP contribution in [0.4, 0.5) is 0 Å². The van der Waals surface area contributed by atoms with Crippen LogP contribution in [0.25, 0.3) is 0 Å². The van der Waals surface area contributed by atoms with Crippen molar-refractivity contribution in [3.8, 4) is 0 Å². The van der Waals surface area contributed by atoms with Crippen LogP contribution in [0.2, 0.25) is 5.31 Å². The van der Waals surface area contributed by atoms with E-state index in [0.717, 1.165) is 6.42 Å². The molecule has 0 aromatic carbocycles. The van der Waals surface area contributed by atoms with E-state index in [4.69, 9.17) is 14.0 Å². The number of carbonyl (C=O) groups is 1. The summed E-state index contributed by atoms with van der Waals surface area (Å²) < 4.78 is 17.0. The van der Waals surface area contributed by atoms with Crippen LogP contribution < -0.4 is 0 Å². The summed E-state index contributed by atoms with van der Waals surface area (Å²) in [5, 5.41) is -0.277. The smallest absolute Gasteiger partial charge is 0.464 e. The number of rotatable bonds is 1. The van der Waals surface area contributed by atoms with E-state index in [1.165, 1.54) is 0 Å². The van der Waals surface area contributed by atoms with Crippen molar-refractivity contribution in [3.63, 3.8) is 0 Å². The van der Waals surface area contributed by atoms with Gasteiger partial charge in [0.25, 0.3) is 0 Å². The Balaban J connectivity index is 2.17. The fourth-order valence-corrected chi connectivity index (χ4v) is 2.20. The molecule has 17 heavy (non-hydrogen) atoms. The maximum Gasteiger partial charge on any atom is 0.464 e. The van der Waals surface area contributed by atoms with Gasteiger partial charge in [-0.15, -0.1) is 0 Å². The third-order valence-electron chi connectivity index (χ3n) is 4.31. The summed E-state index contributed by atoms with van der Waals surface area (Å²) in [7, 11) is -0.333. The Morgan fingerprint density at radius 1 is 1.06 bits per heavy atom. The Morgan fingerprint density at radius 2 is 1.59 bits per heavy atom. The molecule has 0 spiro atoms. The molecule has 2 heterocycles. The molecule has 0 unspecified atom stereocenters. The van der Waals surface area contributed by atoms with Crippen molar-refractivity contribution in [3.05, 3.63) is 0 Å². The lowest BCUT2D eigenvalue weighted by Crippen LogP contribution is -2.41. The molecular weight excluding hydrogens is 219 g/mol. The molecule has 1 atom stereocenters. The first-order chi connectivity index (χ1) is 7.66. The number of hydrogen-bond acceptors (Lipinski definition) is 4. The zero-order valence-electron chi connectivity index (χ0n) is 11.3. The molecule has 0 N–H and O–H groups in total. The van der Waals surface area contributed by atoms with Crippen molar-refractivity contribution in [1.29, 1.82) is 0 Å². The molecule has 0 saturated carbocycles. The molecule has 4 nitrogen and oxygen atoms in total. The largest absolute Gasteiger partial charge is 0.466 e. The quantitative estimate of drug-likeness (QED) is 0.520. The third-order valence-corrected chi connectivity index (χ3v) is 4.31. The molecule has 0 radical (unpaired) electrons. The van der Waals surface area contributed by atoms with Gasteiger partial charge in [0, 0.05) is 11.7 Å². The highest BCUT2D eigenvalue weighted by Crippen LogP contribution is 2.49. The zero-order chi connectivity index (χ0) is 12.9. The topological polar surface area (TPSA) is 44.8 Å². The first-order valence-electron chi connectivity index (χ1n) is 6.18. The van der Waals surface area contributed by atoms with Gasteiger partial charge < -0.3 is 14.0 Å². The van der Waals surface area contributed by atoms with E-state index in [9.17, 15) is 4.79 Å². The average molecular weight is 240 g/mol. The number of ether oxygens (including phenoxy) is 1. The Bertz CT molecular complexity index is 323. The molecule has 2 fully saturated rings. The Morgan fingerprint density at radius 3 is 2.06 bits per heavy atom. The van der Waals surface area contributed by atoms with E-state index in [-0.39, 0.29) is 29.6 Å². The number of esters is 1. The summed E-state index contributed by atoms with van der Waals surface area (Å²) in [5.41, 5.74) is -0.690. The van der Waals surface area contributed by atoms with Gasteiger partial charge in [-0.2, -0.15) is 0 Å². The van der Waals surface area contributed by atoms with Crippen molar-refractivity contribution in [2.24, 2.45) is 0 Å². The van der Waals surface area contributed by atoms with Crippen molar-refractivity contribution < 1.29 is 18.8 Å². The summed E-state index contributed by atoms with van der Waals surface area (Å²) >= 11 is 0. The number of carbonyl (C=O) groups excluding carboxylic acids is 1. The van der Waals surface area contributed by atoms with Gasteiger partial charge in [-0.3, -0.25) is 4.79 Å². The second-order valence-electron chi connectivity index (χ2n) is 6.39. The Hall–Kier alpha value is -0.545. The highest BCUT2D eigenvalue weighted by atomic mass is 16.7. The van der Waals surface area contributed by atoms with Gasteiger partial charge in [-0.25, -0.2) is 0 Å². The van der Waals surface area contributed by atoms with Crippen LogP contribution in [0.15, 0.2) is 0 Å². The van der Waals surface area contributed by atoms with Gasteiger partial charge in [0.05, 0.1) is 17.8 Å². The third kappa shape index (κ3) is 2.11. The Kier molecular flexibility index (Phi) is 2.82. The first-order valence-corrected chi connectivity index (χ1v) is 6.18. The van der Waals surface area contributed by atoms with E-state index >= 15 is 0 Å². The van der Waals surface area contributed by atoms with Crippen molar-refractivity contribution in [2.75, 3.05) is 6.61 Å². The molecule has 2 aliphatic rings. The summed E-state index contributed by atoms with van der Waals surface area (Å²) in [5.74, 6) is -0.159. The lowest BCUT2D eigenvalue weighted by Gasteiger charge is -2.33. The van der Waals surface area contributed by atoms with E-state index in [2.05, 4.69) is 0 Å². The van der Waals surface area contributed by atoms with Crippen LogP contribution >= 0.6 is 0 Å². The monoisotopic (exact) mass is 240 g/mol. The predicted octanol–water partition coefficient (Wildman–Crippen LogP) is 2.18. The Labute approximate surface area is 103 Å². The van der Waals surface area contributed by atoms with E-state index in [0.29, 0.717) is 13.0 Å². The SMILES string of the molecule is CC1(C)OB([C@]2(C)CCOC(=O)C2)OC1(C)C. The van der Waals surface area contributed by atoms with Crippen LogP contribution in [-0.2, 0) is 18.8 Å². The first kappa shape index (κ1) is 12.9. The second kappa shape index (κ2) is 3.72. The standard InChI is InChI=1S/C12H21BO4/c1-10(2)11(3,4)17-13(16-10)12(5)6-7-15-9(14)8-12/h6-8H2,1-5H3/t12-/m1/s1. The van der Waals surface area contributed by atoms with Gasteiger partial charge in [0.15, 0.2) is 0 Å².